The zero-order valence-electron chi connectivity index (χ0n) is 11.8. The number of carbonyl (C=O) groups is 1. The first-order valence-electron chi connectivity index (χ1n) is 6.52. The van der Waals surface area contributed by atoms with Gasteiger partial charge in [0.1, 0.15) is 0 Å². The van der Waals surface area contributed by atoms with Gasteiger partial charge in [0.2, 0.25) is 5.91 Å². The lowest BCUT2D eigenvalue weighted by Gasteiger charge is -2.10. The average Bonchev–Trinajstić information content (AvgIpc) is 2.43. The first-order valence-corrected chi connectivity index (χ1v) is 6.52. The van der Waals surface area contributed by atoms with Gasteiger partial charge in [-0.3, -0.25) is 4.79 Å². The molecule has 2 rings (SSSR count). The molecule has 21 heavy (non-hydrogen) atoms. The Hall–Kier alpha value is -2.43. The maximum atomic E-state index is 13.0. The average molecular weight is 290 g/mol. The second kappa shape index (κ2) is 6.35. The first-order chi connectivity index (χ1) is 9.95. The highest BCUT2D eigenvalue weighted by Gasteiger charge is 2.06. The highest BCUT2D eigenvalue weighted by molar-refractivity contribution is 5.94. The minimum Gasteiger partial charge on any atom is -0.376 e. The van der Waals surface area contributed by atoms with Gasteiger partial charge in [-0.2, -0.15) is 0 Å². The van der Waals surface area contributed by atoms with Gasteiger partial charge >= 0.3 is 0 Å². The van der Waals surface area contributed by atoms with Crippen LogP contribution in [0.1, 0.15) is 11.1 Å². The monoisotopic (exact) mass is 290 g/mol. The number of benzene rings is 2. The lowest BCUT2D eigenvalue weighted by molar-refractivity contribution is -0.114. The summed E-state index contributed by atoms with van der Waals surface area (Å²) in [7, 11) is 0. The summed E-state index contributed by atoms with van der Waals surface area (Å²) in [4.78, 5) is 11.8. The van der Waals surface area contributed by atoms with E-state index >= 15 is 0 Å². The molecule has 0 aromatic heterocycles. The van der Waals surface area contributed by atoms with Crippen LogP contribution in [0.3, 0.4) is 0 Å². The van der Waals surface area contributed by atoms with E-state index < -0.39 is 11.6 Å². The first kappa shape index (κ1) is 15.0. The van der Waals surface area contributed by atoms with E-state index in [-0.39, 0.29) is 12.5 Å². The highest BCUT2D eigenvalue weighted by atomic mass is 19.2. The van der Waals surface area contributed by atoms with Crippen molar-refractivity contribution >= 4 is 17.3 Å². The molecule has 0 heterocycles. The van der Waals surface area contributed by atoms with E-state index in [1.807, 2.05) is 32.0 Å². The number of amides is 1. The number of anilines is 2. The van der Waals surface area contributed by atoms with Crippen LogP contribution in [0.2, 0.25) is 0 Å². The maximum Gasteiger partial charge on any atom is 0.243 e. The Morgan fingerprint density at radius 3 is 2.48 bits per heavy atom. The lowest BCUT2D eigenvalue weighted by atomic mass is 10.1. The summed E-state index contributed by atoms with van der Waals surface area (Å²) in [5.74, 6) is -2.12. The van der Waals surface area contributed by atoms with Crippen molar-refractivity contribution in [3.05, 3.63) is 59.2 Å². The highest BCUT2D eigenvalue weighted by Crippen LogP contribution is 2.16. The van der Waals surface area contributed by atoms with Crippen LogP contribution in [0.5, 0.6) is 0 Å². The molecular weight excluding hydrogens is 274 g/mol. The maximum absolute atomic E-state index is 13.0. The summed E-state index contributed by atoms with van der Waals surface area (Å²) in [6.07, 6.45) is 0. The van der Waals surface area contributed by atoms with Gasteiger partial charge in [0.25, 0.3) is 0 Å². The van der Waals surface area contributed by atoms with Crippen molar-refractivity contribution in [3.8, 4) is 0 Å². The topological polar surface area (TPSA) is 41.1 Å². The fraction of sp³-hybridized carbons (Fsp3) is 0.188. The Kier molecular flexibility index (Phi) is 4.52. The van der Waals surface area contributed by atoms with Gasteiger partial charge in [-0.05, 0) is 37.6 Å². The number of hydrogen-bond donors (Lipinski definition) is 2. The van der Waals surface area contributed by atoms with Gasteiger partial charge in [0.15, 0.2) is 11.6 Å². The Balaban J connectivity index is 1.94. The van der Waals surface area contributed by atoms with Crippen molar-refractivity contribution < 1.29 is 13.6 Å². The third-order valence-corrected chi connectivity index (χ3v) is 3.03. The molecular formula is C16H16F2N2O. The molecule has 0 saturated heterocycles. The minimum atomic E-state index is -0.949. The number of rotatable bonds is 4. The van der Waals surface area contributed by atoms with Crippen molar-refractivity contribution in [2.75, 3.05) is 17.2 Å². The van der Waals surface area contributed by atoms with Gasteiger partial charge in [-0.15, -0.1) is 0 Å². The van der Waals surface area contributed by atoms with E-state index in [9.17, 15) is 13.6 Å². The predicted molar refractivity (Wildman–Crippen MR) is 79.4 cm³/mol. The van der Waals surface area contributed by atoms with E-state index in [0.29, 0.717) is 5.69 Å². The Labute approximate surface area is 122 Å². The molecule has 0 radical (unpaired) electrons. The van der Waals surface area contributed by atoms with Crippen LogP contribution in [-0.2, 0) is 4.79 Å². The van der Waals surface area contributed by atoms with Gasteiger partial charge in [-0.25, -0.2) is 8.78 Å². The van der Waals surface area contributed by atoms with Crippen LogP contribution in [0.25, 0.3) is 0 Å². The summed E-state index contributed by atoms with van der Waals surface area (Å²) in [6, 6.07) is 9.12. The third kappa shape index (κ3) is 4.02. The molecule has 0 bridgehead atoms. The molecule has 3 nitrogen and oxygen atoms in total. The second-order valence-corrected chi connectivity index (χ2v) is 4.85. The molecule has 2 N–H and O–H groups in total. The zero-order chi connectivity index (χ0) is 15.4. The summed E-state index contributed by atoms with van der Waals surface area (Å²) in [5.41, 5.74) is 3.17. The molecule has 5 heteroatoms. The van der Waals surface area contributed by atoms with Gasteiger partial charge in [0.05, 0.1) is 6.54 Å². The Morgan fingerprint density at radius 2 is 1.81 bits per heavy atom. The van der Waals surface area contributed by atoms with E-state index in [2.05, 4.69) is 10.6 Å². The van der Waals surface area contributed by atoms with E-state index in [4.69, 9.17) is 0 Å². The molecule has 0 atom stereocenters. The molecule has 2 aromatic rings. The van der Waals surface area contributed by atoms with Crippen molar-refractivity contribution in [2.24, 2.45) is 0 Å². The van der Waals surface area contributed by atoms with Crippen molar-refractivity contribution in [3.63, 3.8) is 0 Å². The molecule has 0 unspecified atom stereocenters. The van der Waals surface area contributed by atoms with Crippen LogP contribution < -0.4 is 10.6 Å². The standard InChI is InChI=1S/C16H16F2N2O/c1-10-3-6-15(11(2)7-10)20-16(21)9-19-12-4-5-13(17)14(18)8-12/h3-8,19H,9H2,1-2H3,(H,20,21). The lowest BCUT2D eigenvalue weighted by Crippen LogP contribution is -2.22. The normalized spacial score (nSPS) is 10.3. The Morgan fingerprint density at radius 1 is 1.05 bits per heavy atom. The van der Waals surface area contributed by atoms with Crippen LogP contribution in [0, 0.1) is 25.5 Å². The number of halogens is 2. The molecule has 0 spiro atoms. The predicted octanol–water partition coefficient (Wildman–Crippen LogP) is 3.63. The molecule has 2 aromatic carbocycles. The number of carbonyl (C=O) groups excluding carboxylic acids is 1. The van der Waals surface area contributed by atoms with Crippen LogP contribution in [0.4, 0.5) is 20.2 Å². The Bertz CT molecular complexity index is 671. The molecule has 1 amide bonds. The summed E-state index contributed by atoms with van der Waals surface area (Å²) in [6.45, 7) is 3.85. The van der Waals surface area contributed by atoms with Gasteiger partial charge < -0.3 is 10.6 Å². The van der Waals surface area contributed by atoms with E-state index in [1.165, 1.54) is 6.07 Å². The number of aryl methyl sites for hydroxylation is 2. The molecule has 0 fully saturated rings. The summed E-state index contributed by atoms with van der Waals surface area (Å²) in [5, 5.41) is 5.51. The fourth-order valence-electron chi connectivity index (χ4n) is 1.94. The van der Waals surface area contributed by atoms with Crippen LogP contribution in [0.15, 0.2) is 36.4 Å². The molecule has 0 aliphatic rings. The second-order valence-electron chi connectivity index (χ2n) is 4.85. The smallest absolute Gasteiger partial charge is 0.243 e. The van der Waals surface area contributed by atoms with Crippen LogP contribution in [-0.4, -0.2) is 12.5 Å². The number of nitrogens with one attached hydrogen (secondary N) is 2. The van der Waals surface area contributed by atoms with E-state index in [0.717, 1.165) is 28.9 Å². The molecule has 0 aliphatic heterocycles. The third-order valence-electron chi connectivity index (χ3n) is 3.03. The van der Waals surface area contributed by atoms with Gasteiger partial charge in [-0.1, -0.05) is 17.7 Å². The summed E-state index contributed by atoms with van der Waals surface area (Å²) < 4.78 is 25.8. The van der Waals surface area contributed by atoms with Crippen molar-refractivity contribution in [1.82, 2.24) is 0 Å². The quantitative estimate of drug-likeness (QED) is 0.902. The van der Waals surface area contributed by atoms with Gasteiger partial charge in [0, 0.05) is 17.4 Å². The minimum absolute atomic E-state index is 0.0294. The zero-order valence-corrected chi connectivity index (χ0v) is 11.8. The largest absolute Gasteiger partial charge is 0.376 e. The van der Waals surface area contributed by atoms with Crippen LogP contribution >= 0.6 is 0 Å². The molecule has 110 valence electrons. The fourth-order valence-corrected chi connectivity index (χ4v) is 1.94. The van der Waals surface area contributed by atoms with Crippen molar-refractivity contribution in [1.29, 1.82) is 0 Å². The SMILES string of the molecule is Cc1ccc(NC(=O)CNc2ccc(F)c(F)c2)c(C)c1. The van der Waals surface area contributed by atoms with Crippen molar-refractivity contribution in [2.45, 2.75) is 13.8 Å². The molecule has 0 aliphatic carbocycles. The van der Waals surface area contributed by atoms with E-state index in [1.54, 1.807) is 0 Å². The summed E-state index contributed by atoms with van der Waals surface area (Å²) >= 11 is 0. The number of hydrogen-bond acceptors (Lipinski definition) is 2. The molecule has 0 saturated carbocycles.